The van der Waals surface area contributed by atoms with E-state index in [1.165, 1.54) is 13.0 Å². The van der Waals surface area contributed by atoms with E-state index in [2.05, 4.69) is 0 Å². The third kappa shape index (κ3) is 2.52. The lowest BCUT2D eigenvalue weighted by atomic mass is 10.1. The molecule has 82 valence electrons. The van der Waals surface area contributed by atoms with Crippen LogP contribution in [0.1, 0.15) is 31.1 Å². The molecule has 0 unspecified atom stereocenters. The minimum absolute atomic E-state index is 0.0580. The van der Waals surface area contributed by atoms with Crippen molar-refractivity contribution >= 4 is 5.78 Å². The quantitative estimate of drug-likeness (QED) is 0.723. The largest absolute Gasteiger partial charge is 0.487 e. The summed E-state index contributed by atoms with van der Waals surface area (Å²) in [5.74, 6) is -2.80. The molecule has 0 aliphatic rings. The highest BCUT2D eigenvalue weighted by Gasteiger charge is 2.18. The topological polar surface area (TPSA) is 26.3 Å². The van der Waals surface area contributed by atoms with E-state index in [0.29, 0.717) is 0 Å². The second-order valence-electron chi connectivity index (χ2n) is 3.46. The normalized spacial score (nSPS) is 10.5. The zero-order valence-electron chi connectivity index (χ0n) is 8.80. The Balaban J connectivity index is 3.28. The summed E-state index contributed by atoms with van der Waals surface area (Å²) in [6.07, 6.45) is -0.320. The van der Waals surface area contributed by atoms with Gasteiger partial charge >= 0.3 is 0 Å². The standard InChI is InChI=1S/C11H12F2O2/c1-6(2)15-11-8(7(3)14)4-5-9(12)10(11)13/h4-6H,1-3H3. The molecule has 0 atom stereocenters. The smallest absolute Gasteiger partial charge is 0.201 e. The van der Waals surface area contributed by atoms with Crippen molar-refractivity contribution < 1.29 is 18.3 Å². The Hall–Kier alpha value is -1.45. The maximum atomic E-state index is 13.3. The van der Waals surface area contributed by atoms with E-state index in [9.17, 15) is 13.6 Å². The summed E-state index contributed by atoms with van der Waals surface area (Å²) in [6, 6.07) is 2.14. The third-order valence-electron chi connectivity index (χ3n) is 1.78. The molecule has 0 N–H and O–H groups in total. The number of hydrogen-bond donors (Lipinski definition) is 0. The first kappa shape index (κ1) is 11.6. The van der Waals surface area contributed by atoms with Crippen molar-refractivity contribution in [3.05, 3.63) is 29.3 Å². The van der Waals surface area contributed by atoms with Gasteiger partial charge in [-0.25, -0.2) is 4.39 Å². The fraction of sp³-hybridized carbons (Fsp3) is 0.364. The molecule has 0 bridgehead atoms. The predicted octanol–water partition coefficient (Wildman–Crippen LogP) is 2.95. The summed E-state index contributed by atoms with van der Waals surface area (Å²) in [5, 5.41) is 0. The van der Waals surface area contributed by atoms with Crippen molar-refractivity contribution in [1.82, 2.24) is 0 Å². The van der Waals surface area contributed by atoms with Crippen LogP contribution < -0.4 is 4.74 Å². The van der Waals surface area contributed by atoms with Crippen molar-refractivity contribution in [3.63, 3.8) is 0 Å². The molecular formula is C11H12F2O2. The summed E-state index contributed by atoms with van der Waals surface area (Å²) in [4.78, 5) is 11.1. The molecule has 0 amide bonds. The van der Waals surface area contributed by atoms with Gasteiger partial charge in [0.25, 0.3) is 0 Å². The second kappa shape index (κ2) is 4.38. The summed E-state index contributed by atoms with van der Waals surface area (Å²) in [5.41, 5.74) is 0.0580. The van der Waals surface area contributed by atoms with Gasteiger partial charge in [-0.3, -0.25) is 4.79 Å². The van der Waals surface area contributed by atoms with E-state index in [4.69, 9.17) is 4.74 Å². The van der Waals surface area contributed by atoms with Crippen LogP contribution in [0.3, 0.4) is 0 Å². The molecule has 0 saturated heterocycles. The predicted molar refractivity (Wildman–Crippen MR) is 52.1 cm³/mol. The van der Waals surface area contributed by atoms with Gasteiger partial charge in [-0.2, -0.15) is 4.39 Å². The molecule has 0 saturated carbocycles. The average Bonchev–Trinajstić information content (AvgIpc) is 2.12. The minimum Gasteiger partial charge on any atom is -0.487 e. The highest BCUT2D eigenvalue weighted by Crippen LogP contribution is 2.26. The molecule has 0 radical (unpaired) electrons. The molecule has 1 rings (SSSR count). The maximum Gasteiger partial charge on any atom is 0.201 e. The molecule has 0 aliphatic carbocycles. The van der Waals surface area contributed by atoms with Gasteiger partial charge in [0.2, 0.25) is 5.82 Å². The van der Waals surface area contributed by atoms with Crippen LogP contribution >= 0.6 is 0 Å². The van der Waals surface area contributed by atoms with Crippen molar-refractivity contribution in [2.24, 2.45) is 0 Å². The molecule has 0 aliphatic heterocycles. The van der Waals surface area contributed by atoms with Crippen molar-refractivity contribution in [2.75, 3.05) is 0 Å². The lowest BCUT2D eigenvalue weighted by Crippen LogP contribution is -2.11. The Morgan fingerprint density at radius 2 is 1.93 bits per heavy atom. The number of carbonyl (C=O) groups is 1. The van der Waals surface area contributed by atoms with Gasteiger partial charge < -0.3 is 4.74 Å². The third-order valence-corrected chi connectivity index (χ3v) is 1.78. The van der Waals surface area contributed by atoms with Gasteiger partial charge in [0.1, 0.15) is 0 Å². The summed E-state index contributed by atoms with van der Waals surface area (Å²) in [7, 11) is 0. The van der Waals surface area contributed by atoms with Gasteiger partial charge in [0.05, 0.1) is 11.7 Å². The van der Waals surface area contributed by atoms with E-state index in [1.54, 1.807) is 13.8 Å². The zero-order valence-corrected chi connectivity index (χ0v) is 8.80. The molecule has 0 fully saturated rings. The fourth-order valence-corrected chi connectivity index (χ4v) is 1.16. The number of halogens is 2. The molecule has 15 heavy (non-hydrogen) atoms. The first-order valence-corrected chi connectivity index (χ1v) is 4.59. The number of ether oxygens (including phenoxy) is 1. The highest BCUT2D eigenvalue weighted by molar-refractivity contribution is 5.96. The van der Waals surface area contributed by atoms with Gasteiger partial charge in [0, 0.05) is 0 Å². The van der Waals surface area contributed by atoms with Crippen LogP contribution in [-0.4, -0.2) is 11.9 Å². The number of benzene rings is 1. The van der Waals surface area contributed by atoms with Gasteiger partial charge in [-0.1, -0.05) is 0 Å². The second-order valence-corrected chi connectivity index (χ2v) is 3.46. The molecule has 4 heteroatoms. The van der Waals surface area contributed by atoms with E-state index in [-0.39, 0.29) is 23.2 Å². The van der Waals surface area contributed by atoms with Gasteiger partial charge in [-0.15, -0.1) is 0 Å². The van der Waals surface area contributed by atoms with E-state index < -0.39 is 11.6 Å². The molecular weight excluding hydrogens is 202 g/mol. The van der Waals surface area contributed by atoms with Crippen LogP contribution in [0, 0.1) is 11.6 Å². The molecule has 1 aromatic carbocycles. The van der Waals surface area contributed by atoms with Crippen LogP contribution in [0.5, 0.6) is 5.75 Å². The fourth-order valence-electron chi connectivity index (χ4n) is 1.16. The zero-order chi connectivity index (χ0) is 11.6. The minimum atomic E-state index is -1.11. The van der Waals surface area contributed by atoms with E-state index in [1.807, 2.05) is 0 Å². The molecule has 2 nitrogen and oxygen atoms in total. The Morgan fingerprint density at radius 3 is 2.40 bits per heavy atom. The molecule has 0 heterocycles. The monoisotopic (exact) mass is 214 g/mol. The number of rotatable bonds is 3. The van der Waals surface area contributed by atoms with Gasteiger partial charge in [-0.05, 0) is 32.9 Å². The first-order chi connectivity index (χ1) is 6.93. The van der Waals surface area contributed by atoms with Crippen LogP contribution in [0.15, 0.2) is 12.1 Å². The average molecular weight is 214 g/mol. The lowest BCUT2D eigenvalue weighted by Gasteiger charge is -2.13. The first-order valence-electron chi connectivity index (χ1n) is 4.59. The van der Waals surface area contributed by atoms with Crippen LogP contribution in [0.4, 0.5) is 8.78 Å². The molecule has 0 aromatic heterocycles. The van der Waals surface area contributed by atoms with E-state index >= 15 is 0 Å². The Morgan fingerprint density at radius 1 is 1.33 bits per heavy atom. The SMILES string of the molecule is CC(=O)c1ccc(F)c(F)c1OC(C)C. The van der Waals surface area contributed by atoms with Crippen LogP contribution in [-0.2, 0) is 0 Å². The Labute approximate surface area is 86.9 Å². The Kier molecular flexibility index (Phi) is 3.39. The Bertz CT molecular complexity index is 386. The number of hydrogen-bond acceptors (Lipinski definition) is 2. The van der Waals surface area contributed by atoms with Crippen LogP contribution in [0.25, 0.3) is 0 Å². The number of ketones is 1. The summed E-state index contributed by atoms with van der Waals surface area (Å²) >= 11 is 0. The maximum absolute atomic E-state index is 13.3. The molecule has 0 spiro atoms. The molecule has 1 aromatic rings. The summed E-state index contributed by atoms with van der Waals surface area (Å²) in [6.45, 7) is 4.63. The summed E-state index contributed by atoms with van der Waals surface area (Å²) < 4.78 is 31.3. The number of Topliss-reactive ketones (excluding diaryl/α,β-unsaturated/α-hetero) is 1. The highest BCUT2D eigenvalue weighted by atomic mass is 19.2. The lowest BCUT2D eigenvalue weighted by molar-refractivity contribution is 0.101. The number of carbonyl (C=O) groups excluding carboxylic acids is 1. The van der Waals surface area contributed by atoms with E-state index in [0.717, 1.165) is 6.07 Å². The van der Waals surface area contributed by atoms with Crippen molar-refractivity contribution in [1.29, 1.82) is 0 Å². The van der Waals surface area contributed by atoms with Crippen LogP contribution in [0.2, 0.25) is 0 Å². The van der Waals surface area contributed by atoms with Gasteiger partial charge in [0.15, 0.2) is 17.3 Å². The van der Waals surface area contributed by atoms with Crippen molar-refractivity contribution in [3.8, 4) is 5.75 Å². The van der Waals surface area contributed by atoms with Crippen molar-refractivity contribution in [2.45, 2.75) is 26.9 Å².